The Bertz CT molecular complexity index is 474. The average Bonchev–Trinajstić information content (AvgIpc) is 2.90. The smallest absolute Gasteiger partial charge is 0.309 e. The molecule has 1 aliphatic rings. The van der Waals surface area contributed by atoms with Crippen LogP contribution in [0.25, 0.3) is 0 Å². The van der Waals surface area contributed by atoms with E-state index in [4.69, 9.17) is 0 Å². The molecule has 1 aliphatic heterocycles. The largest absolute Gasteiger partial charge is 0.481 e. The fraction of sp³-hybridized carbons (Fsp3) is 0.750. The van der Waals surface area contributed by atoms with Crippen LogP contribution in [0.1, 0.15) is 58.2 Å². The maximum absolute atomic E-state index is 11.6. The quantitative estimate of drug-likeness (QED) is 0.876. The van der Waals surface area contributed by atoms with Gasteiger partial charge in [-0.25, -0.2) is 0 Å². The number of likely N-dealkylation sites (tertiary alicyclic amines) is 1. The third-order valence-corrected chi connectivity index (χ3v) is 4.57. The first kappa shape index (κ1) is 16.0. The first-order valence-electron chi connectivity index (χ1n) is 7.96. The molecule has 0 amide bonds. The number of carboxylic acids is 1. The Labute approximate surface area is 126 Å². The van der Waals surface area contributed by atoms with Gasteiger partial charge in [0.05, 0.1) is 11.1 Å². The van der Waals surface area contributed by atoms with Gasteiger partial charge in [-0.05, 0) is 52.3 Å². The number of aliphatic carboxylic acids is 1. The summed E-state index contributed by atoms with van der Waals surface area (Å²) in [5.41, 5.74) is 0.574. The second-order valence-corrected chi connectivity index (χ2v) is 6.49. The Balaban J connectivity index is 1.92. The number of nitrogens with zero attached hydrogens (tertiary/aromatic N) is 3. The van der Waals surface area contributed by atoms with Crippen molar-refractivity contribution in [1.82, 2.24) is 14.7 Å². The minimum absolute atomic E-state index is 0.379. The minimum Gasteiger partial charge on any atom is -0.481 e. The van der Waals surface area contributed by atoms with Crippen LogP contribution in [0.15, 0.2) is 12.3 Å². The topological polar surface area (TPSA) is 58.4 Å². The third-order valence-electron chi connectivity index (χ3n) is 4.57. The van der Waals surface area contributed by atoms with Crippen molar-refractivity contribution in [3.63, 3.8) is 0 Å². The van der Waals surface area contributed by atoms with Gasteiger partial charge in [-0.3, -0.25) is 14.4 Å². The summed E-state index contributed by atoms with van der Waals surface area (Å²) in [5, 5.41) is 14.1. The summed E-state index contributed by atoms with van der Waals surface area (Å²) in [6.07, 6.45) is 5.24. The first-order valence-corrected chi connectivity index (χ1v) is 7.96. The van der Waals surface area contributed by atoms with E-state index in [1.54, 1.807) is 0 Å². The highest BCUT2D eigenvalue weighted by Gasteiger charge is 2.40. The lowest BCUT2D eigenvalue weighted by atomic mass is 9.75. The van der Waals surface area contributed by atoms with E-state index in [-0.39, 0.29) is 0 Å². The lowest BCUT2D eigenvalue weighted by Crippen LogP contribution is -2.44. The second kappa shape index (κ2) is 6.60. The lowest BCUT2D eigenvalue weighted by molar-refractivity contribution is -0.152. The van der Waals surface area contributed by atoms with Gasteiger partial charge >= 0.3 is 5.97 Å². The Morgan fingerprint density at radius 2 is 2.10 bits per heavy atom. The number of rotatable bonds is 6. The Morgan fingerprint density at radius 1 is 1.43 bits per heavy atom. The van der Waals surface area contributed by atoms with E-state index in [1.807, 2.05) is 10.9 Å². The molecular weight excluding hydrogens is 266 g/mol. The molecule has 21 heavy (non-hydrogen) atoms. The Hall–Kier alpha value is -1.36. The van der Waals surface area contributed by atoms with E-state index in [1.165, 1.54) is 0 Å². The van der Waals surface area contributed by atoms with Crippen LogP contribution in [0.5, 0.6) is 0 Å². The number of piperidine rings is 1. The van der Waals surface area contributed by atoms with Crippen molar-refractivity contribution in [2.45, 2.75) is 59.0 Å². The number of carboxylic acid groups (broad SMARTS) is 1. The van der Waals surface area contributed by atoms with E-state index in [2.05, 4.69) is 36.8 Å². The van der Waals surface area contributed by atoms with E-state index < -0.39 is 11.4 Å². The highest BCUT2D eigenvalue weighted by molar-refractivity contribution is 5.74. The average molecular weight is 293 g/mol. The molecule has 2 rings (SSSR count). The standard InChI is InChI=1S/C16H27N3O2/c1-4-6-16(15(20)21)7-10-18(11-8-16)12-14-5-9-19(17-14)13(2)3/h5,9,13H,4,6-8,10-12H2,1-3H3,(H,20,21). The molecule has 5 heteroatoms. The van der Waals surface area contributed by atoms with Gasteiger partial charge in [0.2, 0.25) is 0 Å². The number of hydrogen-bond donors (Lipinski definition) is 1. The van der Waals surface area contributed by atoms with Crippen molar-refractivity contribution in [2.24, 2.45) is 5.41 Å². The van der Waals surface area contributed by atoms with Crippen LogP contribution in [-0.4, -0.2) is 38.8 Å². The molecule has 1 aromatic heterocycles. The van der Waals surface area contributed by atoms with Gasteiger partial charge in [-0.2, -0.15) is 5.10 Å². The number of hydrogen-bond acceptors (Lipinski definition) is 3. The van der Waals surface area contributed by atoms with Crippen LogP contribution in [0.3, 0.4) is 0 Å². The zero-order chi connectivity index (χ0) is 15.5. The molecule has 0 aliphatic carbocycles. The molecular formula is C16H27N3O2. The van der Waals surface area contributed by atoms with Gasteiger partial charge < -0.3 is 5.11 Å². The SMILES string of the molecule is CCCC1(C(=O)O)CCN(Cc2ccn(C(C)C)n2)CC1. The van der Waals surface area contributed by atoms with Crippen molar-refractivity contribution in [3.05, 3.63) is 18.0 Å². The van der Waals surface area contributed by atoms with Crippen LogP contribution in [0.2, 0.25) is 0 Å². The van der Waals surface area contributed by atoms with E-state index >= 15 is 0 Å². The van der Waals surface area contributed by atoms with Crippen molar-refractivity contribution in [1.29, 1.82) is 0 Å². The molecule has 1 fully saturated rings. The monoisotopic (exact) mass is 293 g/mol. The molecule has 0 unspecified atom stereocenters. The summed E-state index contributed by atoms with van der Waals surface area (Å²) >= 11 is 0. The minimum atomic E-state index is -0.618. The van der Waals surface area contributed by atoms with E-state index in [0.717, 1.165) is 51.0 Å². The van der Waals surface area contributed by atoms with Crippen molar-refractivity contribution in [3.8, 4) is 0 Å². The summed E-state index contributed by atoms with van der Waals surface area (Å²) in [6.45, 7) is 8.81. The predicted octanol–water partition coefficient (Wildman–Crippen LogP) is 2.93. The molecule has 0 radical (unpaired) electrons. The Kier molecular flexibility index (Phi) is 5.04. The summed E-state index contributed by atoms with van der Waals surface area (Å²) in [5.74, 6) is -0.618. The highest BCUT2D eigenvalue weighted by Crippen LogP contribution is 2.36. The van der Waals surface area contributed by atoms with Crippen molar-refractivity contribution in [2.75, 3.05) is 13.1 Å². The second-order valence-electron chi connectivity index (χ2n) is 6.49. The summed E-state index contributed by atoms with van der Waals surface area (Å²) < 4.78 is 1.97. The molecule has 0 spiro atoms. The van der Waals surface area contributed by atoms with Gasteiger partial charge in [0.15, 0.2) is 0 Å². The maximum atomic E-state index is 11.6. The van der Waals surface area contributed by atoms with Crippen LogP contribution < -0.4 is 0 Å². The molecule has 2 heterocycles. The van der Waals surface area contributed by atoms with Crippen LogP contribution in [0, 0.1) is 5.41 Å². The lowest BCUT2D eigenvalue weighted by Gasteiger charge is -2.38. The van der Waals surface area contributed by atoms with Gasteiger partial charge in [0.25, 0.3) is 0 Å². The van der Waals surface area contributed by atoms with Gasteiger partial charge in [0.1, 0.15) is 0 Å². The van der Waals surface area contributed by atoms with E-state index in [0.29, 0.717) is 6.04 Å². The molecule has 1 saturated heterocycles. The third kappa shape index (κ3) is 3.64. The number of aromatic nitrogens is 2. The van der Waals surface area contributed by atoms with Crippen LogP contribution >= 0.6 is 0 Å². The molecule has 0 aromatic carbocycles. The Morgan fingerprint density at radius 3 is 2.57 bits per heavy atom. The fourth-order valence-electron chi connectivity index (χ4n) is 3.17. The number of carbonyl (C=O) groups is 1. The van der Waals surface area contributed by atoms with Crippen molar-refractivity contribution >= 4 is 5.97 Å². The van der Waals surface area contributed by atoms with Crippen LogP contribution in [-0.2, 0) is 11.3 Å². The molecule has 1 N–H and O–H groups in total. The predicted molar refractivity (Wildman–Crippen MR) is 82.1 cm³/mol. The summed E-state index contributed by atoms with van der Waals surface area (Å²) in [6, 6.07) is 2.44. The first-order chi connectivity index (χ1) is 9.97. The molecule has 118 valence electrons. The fourth-order valence-corrected chi connectivity index (χ4v) is 3.17. The van der Waals surface area contributed by atoms with Gasteiger partial charge in [0, 0.05) is 18.8 Å². The zero-order valence-electron chi connectivity index (χ0n) is 13.4. The van der Waals surface area contributed by atoms with Gasteiger partial charge in [-0.15, -0.1) is 0 Å². The van der Waals surface area contributed by atoms with Gasteiger partial charge in [-0.1, -0.05) is 13.3 Å². The maximum Gasteiger partial charge on any atom is 0.309 e. The van der Waals surface area contributed by atoms with Crippen LogP contribution in [0.4, 0.5) is 0 Å². The highest BCUT2D eigenvalue weighted by atomic mass is 16.4. The van der Waals surface area contributed by atoms with Crippen molar-refractivity contribution < 1.29 is 9.90 Å². The zero-order valence-corrected chi connectivity index (χ0v) is 13.4. The van der Waals surface area contributed by atoms with E-state index in [9.17, 15) is 9.90 Å². The summed E-state index contributed by atoms with van der Waals surface area (Å²) in [7, 11) is 0. The molecule has 0 atom stereocenters. The molecule has 0 bridgehead atoms. The normalized spacial score (nSPS) is 19.0. The molecule has 5 nitrogen and oxygen atoms in total. The summed E-state index contributed by atoms with van der Waals surface area (Å²) in [4.78, 5) is 13.9. The molecule has 0 saturated carbocycles. The molecule has 1 aromatic rings.